The number of hydrogen-bond donors (Lipinski definition) is 4. The van der Waals surface area contributed by atoms with Crippen molar-refractivity contribution in [3.05, 3.63) is 48.5 Å². The summed E-state index contributed by atoms with van der Waals surface area (Å²) in [7, 11) is 0. The zero-order valence-electron chi connectivity index (χ0n) is 13.6. The van der Waals surface area contributed by atoms with E-state index >= 15 is 0 Å². The number of halogens is 2. The minimum absolute atomic E-state index is 0. The van der Waals surface area contributed by atoms with Crippen LogP contribution in [0.15, 0.2) is 48.5 Å². The van der Waals surface area contributed by atoms with Crippen LogP contribution in [0, 0.1) is 0 Å². The second-order valence-electron chi connectivity index (χ2n) is 4.46. The van der Waals surface area contributed by atoms with Gasteiger partial charge in [0.05, 0.1) is 0 Å². The first-order valence-corrected chi connectivity index (χ1v) is 6.50. The number of anilines is 2. The van der Waals surface area contributed by atoms with Crippen LogP contribution in [0.1, 0.15) is 13.8 Å². The molecule has 0 aliphatic carbocycles. The molecular formula is C16H18Cl2N2O4Zr. The normalized spacial score (nSPS) is 8.08. The number of phenols is 2. The van der Waals surface area contributed by atoms with Gasteiger partial charge < -0.3 is 45.7 Å². The maximum atomic E-state index is 10.5. The molecule has 0 radical (unpaired) electrons. The van der Waals surface area contributed by atoms with Gasteiger partial charge in [-0.3, -0.25) is 9.59 Å². The van der Waals surface area contributed by atoms with Crippen molar-refractivity contribution >= 4 is 23.2 Å². The van der Waals surface area contributed by atoms with Crippen LogP contribution in [0.5, 0.6) is 11.5 Å². The smallest absolute Gasteiger partial charge is 1.00 e. The Balaban J connectivity index is -0.000000346. The van der Waals surface area contributed by atoms with Crippen molar-refractivity contribution in [3.8, 4) is 11.5 Å². The Morgan fingerprint density at radius 3 is 1.32 bits per heavy atom. The van der Waals surface area contributed by atoms with Crippen LogP contribution in [0.4, 0.5) is 11.4 Å². The van der Waals surface area contributed by atoms with Gasteiger partial charge in [-0.05, 0) is 24.3 Å². The summed E-state index contributed by atoms with van der Waals surface area (Å²) in [5, 5.41) is 23.0. The molecule has 0 fully saturated rings. The van der Waals surface area contributed by atoms with E-state index in [0.29, 0.717) is 11.4 Å². The van der Waals surface area contributed by atoms with Gasteiger partial charge in [0.1, 0.15) is 11.5 Å². The van der Waals surface area contributed by atoms with Crippen LogP contribution >= 0.6 is 0 Å². The van der Waals surface area contributed by atoms with E-state index in [0.717, 1.165) is 0 Å². The summed E-state index contributed by atoms with van der Waals surface area (Å²) in [4.78, 5) is 21.1. The molecule has 0 aliphatic heterocycles. The second-order valence-corrected chi connectivity index (χ2v) is 4.46. The first-order chi connectivity index (χ1) is 10.4. The molecule has 2 amide bonds. The quantitative estimate of drug-likeness (QED) is 0.375. The van der Waals surface area contributed by atoms with E-state index in [1.54, 1.807) is 36.4 Å². The second kappa shape index (κ2) is 14.8. The van der Waals surface area contributed by atoms with Gasteiger partial charge in [0, 0.05) is 37.4 Å². The molecule has 0 unspecified atom stereocenters. The maximum Gasteiger partial charge on any atom is 2.00 e. The van der Waals surface area contributed by atoms with Crippen molar-refractivity contribution in [2.75, 3.05) is 10.6 Å². The van der Waals surface area contributed by atoms with Crippen LogP contribution in [0.2, 0.25) is 0 Å². The predicted octanol–water partition coefficient (Wildman–Crippen LogP) is -3.29. The van der Waals surface area contributed by atoms with Crippen molar-refractivity contribution in [3.63, 3.8) is 0 Å². The standard InChI is InChI=1S/2C8H9NO2.2ClH.Zr/c2*1-6(10)9-7-3-2-4-8(11)5-7;;;/h2*2-5,11H,1H3,(H,9,10);2*1H;/q;;;;+2/p-2. The Morgan fingerprint density at radius 2 is 1.08 bits per heavy atom. The number of nitrogens with one attached hydrogen (secondary N) is 2. The summed E-state index contributed by atoms with van der Waals surface area (Å²) in [5.41, 5.74) is 1.22. The van der Waals surface area contributed by atoms with Crippen LogP contribution in [0.3, 0.4) is 0 Å². The Labute approximate surface area is 178 Å². The molecule has 4 N–H and O–H groups in total. The molecule has 2 rings (SSSR count). The molecule has 0 saturated carbocycles. The first-order valence-electron chi connectivity index (χ1n) is 6.50. The molecule has 6 nitrogen and oxygen atoms in total. The molecule has 2 aromatic rings. The van der Waals surface area contributed by atoms with Gasteiger partial charge >= 0.3 is 26.2 Å². The molecular weight excluding hydrogens is 446 g/mol. The molecule has 0 saturated heterocycles. The Kier molecular flexibility index (Phi) is 16.7. The summed E-state index contributed by atoms with van der Waals surface area (Å²) in [6.45, 7) is 2.84. The average molecular weight is 464 g/mol. The van der Waals surface area contributed by atoms with Crippen molar-refractivity contribution in [2.24, 2.45) is 0 Å². The predicted molar refractivity (Wildman–Crippen MR) is 84.8 cm³/mol. The molecule has 0 aliphatic rings. The van der Waals surface area contributed by atoms with E-state index in [2.05, 4.69) is 10.6 Å². The number of carbonyl (C=O) groups is 2. The number of hydrogen-bond acceptors (Lipinski definition) is 4. The van der Waals surface area contributed by atoms with Crippen LogP contribution in [0.25, 0.3) is 0 Å². The first kappa shape index (κ1) is 28.3. The average Bonchev–Trinajstić information content (AvgIpc) is 2.37. The number of rotatable bonds is 2. The summed E-state index contributed by atoms with van der Waals surface area (Å²) >= 11 is 0. The van der Waals surface area contributed by atoms with Gasteiger partial charge in [-0.15, -0.1) is 0 Å². The number of phenolic OH excluding ortho intramolecular Hbond substituents is 2. The van der Waals surface area contributed by atoms with Gasteiger partial charge in [-0.1, -0.05) is 12.1 Å². The molecule has 2 aromatic carbocycles. The van der Waals surface area contributed by atoms with Crippen LogP contribution in [-0.2, 0) is 35.8 Å². The zero-order valence-corrected chi connectivity index (χ0v) is 17.6. The molecule has 9 heteroatoms. The number of carbonyl (C=O) groups excluding carboxylic acids is 2. The summed E-state index contributed by atoms with van der Waals surface area (Å²) in [6.07, 6.45) is 0. The minimum Gasteiger partial charge on any atom is -1.00 e. The summed E-state index contributed by atoms with van der Waals surface area (Å²) in [6, 6.07) is 12.8. The summed E-state index contributed by atoms with van der Waals surface area (Å²) < 4.78 is 0. The van der Waals surface area contributed by atoms with E-state index in [1.165, 1.54) is 26.0 Å². The Hall–Kier alpha value is -1.56. The van der Waals surface area contributed by atoms with E-state index in [4.69, 9.17) is 10.2 Å². The van der Waals surface area contributed by atoms with Gasteiger partial charge in [-0.25, -0.2) is 0 Å². The minimum atomic E-state index is -0.143. The van der Waals surface area contributed by atoms with Crippen molar-refractivity contribution in [1.82, 2.24) is 0 Å². The molecule has 134 valence electrons. The number of benzene rings is 2. The van der Waals surface area contributed by atoms with E-state index < -0.39 is 0 Å². The third kappa shape index (κ3) is 13.4. The molecule has 0 aromatic heterocycles. The molecule has 0 heterocycles. The zero-order chi connectivity index (χ0) is 16.5. The van der Waals surface area contributed by atoms with E-state index in [9.17, 15) is 9.59 Å². The van der Waals surface area contributed by atoms with Crippen LogP contribution < -0.4 is 35.4 Å². The van der Waals surface area contributed by atoms with Crippen molar-refractivity contribution in [1.29, 1.82) is 0 Å². The van der Waals surface area contributed by atoms with Crippen molar-refractivity contribution in [2.45, 2.75) is 13.8 Å². The molecule has 25 heavy (non-hydrogen) atoms. The third-order valence-corrected chi connectivity index (χ3v) is 2.33. The summed E-state index contributed by atoms with van der Waals surface area (Å²) in [5.74, 6) is 0.0127. The Morgan fingerprint density at radius 1 is 0.760 bits per heavy atom. The Bertz CT molecular complexity index is 615. The molecule has 0 spiro atoms. The molecule has 0 atom stereocenters. The SMILES string of the molecule is CC(=O)Nc1cccc(O)c1.CC(=O)Nc1cccc(O)c1.[Cl-].[Cl-].[Zr+2]. The van der Waals surface area contributed by atoms with Gasteiger partial charge in [0.2, 0.25) is 11.8 Å². The van der Waals surface area contributed by atoms with Gasteiger partial charge in [-0.2, -0.15) is 0 Å². The monoisotopic (exact) mass is 462 g/mol. The van der Waals surface area contributed by atoms with E-state index in [1.807, 2.05) is 0 Å². The third-order valence-electron chi connectivity index (χ3n) is 2.33. The van der Waals surface area contributed by atoms with Gasteiger partial charge in [0.25, 0.3) is 0 Å². The van der Waals surface area contributed by atoms with Crippen molar-refractivity contribution < 1.29 is 70.8 Å². The fraction of sp³-hybridized carbons (Fsp3) is 0.125. The number of amides is 2. The van der Waals surface area contributed by atoms with Gasteiger partial charge in [0.15, 0.2) is 0 Å². The number of aromatic hydroxyl groups is 2. The topological polar surface area (TPSA) is 98.7 Å². The van der Waals surface area contributed by atoms with Crippen LogP contribution in [-0.4, -0.2) is 22.0 Å². The maximum absolute atomic E-state index is 10.5. The largest absolute Gasteiger partial charge is 2.00 e. The fourth-order valence-electron chi connectivity index (χ4n) is 1.57. The van der Waals surface area contributed by atoms with E-state index in [-0.39, 0.29) is 74.3 Å². The fourth-order valence-corrected chi connectivity index (χ4v) is 1.57. The molecule has 0 bridgehead atoms.